The van der Waals surface area contributed by atoms with E-state index in [0.29, 0.717) is 6.10 Å². The van der Waals surface area contributed by atoms with Crippen molar-refractivity contribution in [2.45, 2.75) is 42.7 Å². The minimum Gasteiger partial charge on any atom is -0.378 e. The molecule has 0 radical (unpaired) electrons. The monoisotopic (exact) mass is 285 g/mol. The fourth-order valence-electron chi connectivity index (χ4n) is 2.11. The summed E-state index contributed by atoms with van der Waals surface area (Å²) in [6, 6.07) is 8.13. The Morgan fingerprint density at radius 1 is 1.44 bits per heavy atom. The first-order valence-electron chi connectivity index (χ1n) is 6.50. The van der Waals surface area contributed by atoms with Crippen LogP contribution in [0.4, 0.5) is 0 Å². The van der Waals surface area contributed by atoms with Crippen molar-refractivity contribution in [3.05, 3.63) is 29.3 Å². The first-order valence-corrected chi connectivity index (χ1v) is 7.86. The Morgan fingerprint density at radius 3 is 3.00 bits per heavy atom. The molecule has 18 heavy (non-hydrogen) atoms. The maximum absolute atomic E-state index is 6.13. The van der Waals surface area contributed by atoms with E-state index in [4.69, 9.17) is 22.1 Å². The van der Waals surface area contributed by atoms with Crippen LogP contribution >= 0.6 is 23.4 Å². The van der Waals surface area contributed by atoms with Crippen LogP contribution in [0.2, 0.25) is 5.02 Å². The Kier molecular flexibility index (Phi) is 5.83. The number of halogens is 1. The normalized spacial score (nSPS) is 21.1. The van der Waals surface area contributed by atoms with Crippen molar-refractivity contribution >= 4 is 23.4 Å². The molecule has 0 aliphatic carbocycles. The quantitative estimate of drug-likeness (QED) is 0.809. The van der Waals surface area contributed by atoms with Crippen molar-refractivity contribution in [3.63, 3.8) is 0 Å². The van der Waals surface area contributed by atoms with E-state index < -0.39 is 0 Å². The molecule has 2 atom stereocenters. The lowest BCUT2D eigenvalue weighted by Gasteiger charge is -2.14. The van der Waals surface area contributed by atoms with Gasteiger partial charge in [-0.15, -0.1) is 11.8 Å². The lowest BCUT2D eigenvalue weighted by atomic mass is 10.1. The summed E-state index contributed by atoms with van der Waals surface area (Å²) < 4.78 is 5.60. The number of thioether (sulfide) groups is 1. The van der Waals surface area contributed by atoms with Crippen molar-refractivity contribution < 1.29 is 4.74 Å². The zero-order chi connectivity index (χ0) is 12.8. The maximum Gasteiger partial charge on any atom is 0.0576 e. The summed E-state index contributed by atoms with van der Waals surface area (Å²) in [5.74, 6) is 0.913. The Labute approximate surface area is 118 Å². The van der Waals surface area contributed by atoms with Crippen LogP contribution in [0, 0.1) is 0 Å². The third-order valence-electron chi connectivity index (χ3n) is 3.17. The summed E-state index contributed by atoms with van der Waals surface area (Å²) in [7, 11) is 0. The van der Waals surface area contributed by atoms with Gasteiger partial charge in [0.2, 0.25) is 0 Å². The molecule has 1 saturated heterocycles. The molecule has 0 aromatic heterocycles. The average molecular weight is 286 g/mol. The van der Waals surface area contributed by atoms with Crippen molar-refractivity contribution in [2.75, 3.05) is 12.4 Å². The molecule has 0 amide bonds. The molecule has 2 nitrogen and oxygen atoms in total. The van der Waals surface area contributed by atoms with Crippen LogP contribution in [-0.4, -0.2) is 24.5 Å². The van der Waals surface area contributed by atoms with E-state index >= 15 is 0 Å². The van der Waals surface area contributed by atoms with E-state index in [-0.39, 0.29) is 6.04 Å². The number of rotatable bonds is 6. The van der Waals surface area contributed by atoms with Crippen molar-refractivity contribution in [1.82, 2.24) is 0 Å². The Hall–Kier alpha value is -0.220. The SMILES string of the molecule is NC(CCC1CCCO1)CSc1ccccc1Cl. The van der Waals surface area contributed by atoms with Gasteiger partial charge in [0.15, 0.2) is 0 Å². The van der Waals surface area contributed by atoms with Gasteiger partial charge in [0.1, 0.15) is 0 Å². The van der Waals surface area contributed by atoms with Gasteiger partial charge in [0, 0.05) is 23.3 Å². The van der Waals surface area contributed by atoms with Crippen molar-refractivity contribution in [2.24, 2.45) is 5.73 Å². The molecule has 2 rings (SSSR count). The first kappa shape index (κ1) is 14.2. The predicted octanol–water partition coefficient (Wildman–Crippen LogP) is 3.72. The highest BCUT2D eigenvalue weighted by atomic mass is 35.5. The van der Waals surface area contributed by atoms with Gasteiger partial charge in [-0.1, -0.05) is 23.7 Å². The topological polar surface area (TPSA) is 35.2 Å². The number of hydrogen-bond donors (Lipinski definition) is 1. The third-order valence-corrected chi connectivity index (χ3v) is 4.88. The molecule has 1 aromatic rings. The molecule has 2 N–H and O–H groups in total. The Morgan fingerprint density at radius 2 is 2.28 bits per heavy atom. The van der Waals surface area contributed by atoms with Gasteiger partial charge in [-0.05, 0) is 37.8 Å². The molecule has 0 spiro atoms. The average Bonchev–Trinajstić information content (AvgIpc) is 2.88. The number of benzene rings is 1. The van der Waals surface area contributed by atoms with E-state index in [2.05, 4.69) is 0 Å². The van der Waals surface area contributed by atoms with Crippen LogP contribution in [0.3, 0.4) is 0 Å². The molecule has 0 bridgehead atoms. The lowest BCUT2D eigenvalue weighted by Crippen LogP contribution is -2.24. The van der Waals surface area contributed by atoms with E-state index in [1.54, 1.807) is 11.8 Å². The molecule has 0 saturated carbocycles. The van der Waals surface area contributed by atoms with Gasteiger partial charge in [-0.3, -0.25) is 0 Å². The van der Waals surface area contributed by atoms with Gasteiger partial charge in [-0.25, -0.2) is 0 Å². The summed E-state index contributed by atoms with van der Waals surface area (Å²) in [6.07, 6.45) is 4.96. The smallest absolute Gasteiger partial charge is 0.0576 e. The summed E-state index contributed by atoms with van der Waals surface area (Å²) in [6.45, 7) is 0.925. The third kappa shape index (κ3) is 4.47. The van der Waals surface area contributed by atoms with Crippen LogP contribution in [0.25, 0.3) is 0 Å². The van der Waals surface area contributed by atoms with E-state index in [1.807, 2.05) is 24.3 Å². The zero-order valence-electron chi connectivity index (χ0n) is 10.5. The highest BCUT2D eigenvalue weighted by molar-refractivity contribution is 7.99. The van der Waals surface area contributed by atoms with E-state index in [1.165, 1.54) is 12.8 Å². The molecule has 1 heterocycles. The minimum absolute atomic E-state index is 0.218. The highest BCUT2D eigenvalue weighted by Crippen LogP contribution is 2.27. The lowest BCUT2D eigenvalue weighted by molar-refractivity contribution is 0.101. The molecule has 1 aliphatic rings. The van der Waals surface area contributed by atoms with Gasteiger partial charge >= 0.3 is 0 Å². The maximum atomic E-state index is 6.13. The zero-order valence-corrected chi connectivity index (χ0v) is 12.1. The van der Waals surface area contributed by atoms with Crippen LogP contribution in [0.5, 0.6) is 0 Å². The molecule has 1 aromatic carbocycles. The standard InChI is InChI=1S/C14H20ClNOS/c15-13-5-1-2-6-14(13)18-10-11(16)7-8-12-4-3-9-17-12/h1-2,5-6,11-12H,3-4,7-10,16H2. The summed E-state index contributed by atoms with van der Waals surface area (Å²) in [5, 5.41) is 0.814. The van der Waals surface area contributed by atoms with Gasteiger partial charge in [-0.2, -0.15) is 0 Å². The molecule has 100 valence electrons. The van der Waals surface area contributed by atoms with Crippen LogP contribution in [0.15, 0.2) is 29.2 Å². The Bertz CT molecular complexity index is 369. The van der Waals surface area contributed by atoms with E-state index in [9.17, 15) is 0 Å². The van der Waals surface area contributed by atoms with Crippen molar-refractivity contribution in [1.29, 1.82) is 0 Å². The van der Waals surface area contributed by atoms with Gasteiger partial charge in [0.25, 0.3) is 0 Å². The number of nitrogens with two attached hydrogens (primary N) is 1. The van der Waals surface area contributed by atoms with E-state index in [0.717, 1.165) is 35.1 Å². The van der Waals surface area contributed by atoms with Crippen LogP contribution < -0.4 is 5.73 Å². The molecular weight excluding hydrogens is 266 g/mol. The molecule has 4 heteroatoms. The molecule has 2 unspecified atom stereocenters. The van der Waals surface area contributed by atoms with Gasteiger partial charge < -0.3 is 10.5 Å². The number of ether oxygens (including phenoxy) is 1. The summed E-state index contributed by atoms with van der Waals surface area (Å²) >= 11 is 7.85. The second kappa shape index (κ2) is 7.39. The molecule has 1 aliphatic heterocycles. The predicted molar refractivity (Wildman–Crippen MR) is 78.4 cm³/mol. The first-order chi connectivity index (χ1) is 8.75. The second-order valence-electron chi connectivity index (χ2n) is 4.71. The Balaban J connectivity index is 1.68. The van der Waals surface area contributed by atoms with Gasteiger partial charge in [0.05, 0.1) is 11.1 Å². The minimum atomic E-state index is 0.218. The molecule has 1 fully saturated rings. The molecular formula is C14H20ClNOS. The second-order valence-corrected chi connectivity index (χ2v) is 6.18. The van der Waals surface area contributed by atoms with Crippen LogP contribution in [-0.2, 0) is 4.74 Å². The van der Waals surface area contributed by atoms with Crippen molar-refractivity contribution in [3.8, 4) is 0 Å². The largest absolute Gasteiger partial charge is 0.378 e. The highest BCUT2D eigenvalue weighted by Gasteiger charge is 2.16. The summed E-state index contributed by atoms with van der Waals surface area (Å²) in [5.41, 5.74) is 6.13. The fourth-order valence-corrected chi connectivity index (χ4v) is 3.35. The number of hydrogen-bond acceptors (Lipinski definition) is 3. The van der Waals surface area contributed by atoms with Crippen LogP contribution in [0.1, 0.15) is 25.7 Å². The fraction of sp³-hybridized carbons (Fsp3) is 0.571. The summed E-state index contributed by atoms with van der Waals surface area (Å²) in [4.78, 5) is 1.12.